The Balaban J connectivity index is 1.57. The zero-order chi connectivity index (χ0) is 22.8. The fourth-order valence-electron chi connectivity index (χ4n) is 3.27. The van der Waals surface area contributed by atoms with Crippen LogP contribution in [0.3, 0.4) is 0 Å². The summed E-state index contributed by atoms with van der Waals surface area (Å²) in [5.74, 6) is 0.329. The zero-order valence-electron chi connectivity index (χ0n) is 17.3. The lowest BCUT2D eigenvalue weighted by Crippen LogP contribution is -2.41. The molecule has 3 atom stereocenters. The van der Waals surface area contributed by atoms with Gasteiger partial charge >= 0.3 is 6.09 Å². The maximum absolute atomic E-state index is 13.5. The molecule has 168 valence electrons. The lowest BCUT2D eigenvalue weighted by atomic mass is 10.2. The third-order valence-electron chi connectivity index (χ3n) is 5.00. The third-order valence-corrected chi connectivity index (χ3v) is 6.48. The maximum atomic E-state index is 13.5. The van der Waals surface area contributed by atoms with E-state index in [4.69, 9.17) is 16.3 Å². The number of carbonyl (C=O) groups excluding carboxylic acids is 1. The summed E-state index contributed by atoms with van der Waals surface area (Å²) in [5, 5.41) is 14.6. The number of nitrogens with one attached hydrogen (secondary N) is 1. The zero-order valence-corrected chi connectivity index (χ0v) is 18.9. The van der Waals surface area contributed by atoms with E-state index in [0.717, 1.165) is 15.4 Å². The van der Waals surface area contributed by atoms with Gasteiger partial charge in [0.1, 0.15) is 30.1 Å². The summed E-state index contributed by atoms with van der Waals surface area (Å²) >= 11 is 7.45. The molecule has 1 aromatic carbocycles. The predicted molar refractivity (Wildman–Crippen MR) is 121 cm³/mol. The van der Waals surface area contributed by atoms with Crippen LogP contribution in [0.15, 0.2) is 36.5 Å². The molecule has 0 saturated carbocycles. The van der Waals surface area contributed by atoms with E-state index in [0.29, 0.717) is 5.02 Å². The summed E-state index contributed by atoms with van der Waals surface area (Å²) in [5.41, 5.74) is 1.06. The number of hydrogen-bond donors (Lipinski definition) is 2. The highest BCUT2D eigenvalue weighted by molar-refractivity contribution is 7.15. The van der Waals surface area contributed by atoms with Crippen molar-refractivity contribution in [2.45, 2.75) is 38.7 Å². The molecule has 0 bridgehead atoms. The number of ether oxygens (including phenoxy) is 1. The highest BCUT2D eigenvalue weighted by atomic mass is 35.5. The Kier molecular flexibility index (Phi) is 6.54. The maximum Gasteiger partial charge on any atom is 0.416 e. The van der Waals surface area contributed by atoms with E-state index in [9.17, 15) is 14.3 Å². The van der Waals surface area contributed by atoms with Gasteiger partial charge in [-0.25, -0.2) is 19.2 Å². The van der Waals surface area contributed by atoms with E-state index in [2.05, 4.69) is 20.3 Å². The van der Waals surface area contributed by atoms with Gasteiger partial charge in [0.15, 0.2) is 0 Å². The number of halogens is 2. The van der Waals surface area contributed by atoms with Gasteiger partial charge in [-0.15, -0.1) is 11.3 Å². The van der Waals surface area contributed by atoms with Gasteiger partial charge < -0.3 is 15.2 Å². The number of benzene rings is 1. The van der Waals surface area contributed by atoms with Crippen LogP contribution in [0.5, 0.6) is 0 Å². The fraction of sp³-hybridized carbons (Fsp3) is 0.333. The Morgan fingerprint density at radius 2 is 2.09 bits per heavy atom. The molecule has 0 spiro atoms. The van der Waals surface area contributed by atoms with E-state index in [1.165, 1.54) is 22.3 Å². The molecule has 1 unspecified atom stereocenters. The number of nitrogens with zero attached hydrogens (tertiary/aromatic N) is 4. The van der Waals surface area contributed by atoms with Crippen molar-refractivity contribution in [2.75, 3.05) is 16.8 Å². The van der Waals surface area contributed by atoms with Gasteiger partial charge in [0.2, 0.25) is 5.95 Å². The highest BCUT2D eigenvalue weighted by Gasteiger charge is 2.38. The number of rotatable bonds is 7. The first kappa shape index (κ1) is 22.4. The number of anilines is 2. The van der Waals surface area contributed by atoms with Crippen LogP contribution >= 0.6 is 22.9 Å². The van der Waals surface area contributed by atoms with Crippen molar-refractivity contribution in [3.05, 3.63) is 52.1 Å². The second-order valence-electron chi connectivity index (χ2n) is 7.37. The van der Waals surface area contributed by atoms with Crippen LogP contribution in [0.1, 0.15) is 30.5 Å². The van der Waals surface area contributed by atoms with Crippen molar-refractivity contribution in [1.82, 2.24) is 15.0 Å². The molecule has 1 amide bonds. The summed E-state index contributed by atoms with van der Waals surface area (Å²) in [6.07, 6.45) is 0.269. The first-order valence-corrected chi connectivity index (χ1v) is 11.1. The number of aliphatic hydroxyl groups is 1. The number of hydrogen-bond acceptors (Lipinski definition) is 8. The Bertz CT molecular complexity index is 1110. The topological polar surface area (TPSA) is 100 Å². The molecule has 0 radical (unpaired) electrons. The summed E-state index contributed by atoms with van der Waals surface area (Å²) in [7, 11) is 0. The summed E-state index contributed by atoms with van der Waals surface area (Å²) < 4.78 is 18.5. The van der Waals surface area contributed by atoms with Crippen molar-refractivity contribution in [1.29, 1.82) is 0 Å². The monoisotopic (exact) mass is 477 g/mol. The van der Waals surface area contributed by atoms with Gasteiger partial charge in [-0.1, -0.05) is 23.7 Å². The quantitative estimate of drug-likeness (QED) is 0.512. The molecule has 3 aromatic rings. The number of cyclic esters (lactones) is 1. The molecule has 0 aliphatic carbocycles. The summed E-state index contributed by atoms with van der Waals surface area (Å²) in [6.45, 7) is 2.66. The number of carbonyl (C=O) groups is 1. The van der Waals surface area contributed by atoms with Crippen molar-refractivity contribution in [3.63, 3.8) is 0 Å². The second-order valence-corrected chi connectivity index (χ2v) is 8.87. The van der Waals surface area contributed by atoms with Gasteiger partial charge in [-0.2, -0.15) is 4.98 Å². The fourth-order valence-corrected chi connectivity index (χ4v) is 4.32. The molecule has 1 aliphatic rings. The van der Waals surface area contributed by atoms with Crippen LogP contribution in [0.25, 0.3) is 10.6 Å². The molecule has 32 heavy (non-hydrogen) atoms. The number of aromatic nitrogens is 3. The minimum atomic E-state index is -0.843. The van der Waals surface area contributed by atoms with E-state index in [1.54, 1.807) is 25.3 Å². The molecule has 1 saturated heterocycles. The van der Waals surface area contributed by atoms with Crippen LogP contribution in [-0.4, -0.2) is 44.9 Å². The number of thiazole rings is 1. The molecule has 4 rings (SSSR count). The van der Waals surface area contributed by atoms with Crippen LogP contribution in [0, 0.1) is 0 Å². The van der Waals surface area contributed by atoms with E-state index < -0.39 is 24.9 Å². The SMILES string of the molecule is C[C@H](Nc1nc(CF)cc(N2C(=O)OCC2[C@@H](C)O)n1)c1cnc(-c2ccc(Cl)cc2)s1. The summed E-state index contributed by atoms with van der Waals surface area (Å²) in [6, 6.07) is 7.95. The molecular weight excluding hydrogens is 457 g/mol. The first-order chi connectivity index (χ1) is 15.4. The first-order valence-electron chi connectivity index (χ1n) is 9.92. The minimum Gasteiger partial charge on any atom is -0.447 e. The van der Waals surface area contributed by atoms with Gasteiger partial charge in [-0.3, -0.25) is 4.90 Å². The standard InChI is InChI=1S/C21H21ClFN5O3S/c1-11(17-9-24-19(32-17)13-3-5-14(22)6-4-13)25-20-26-15(8-23)7-18(27-20)28-16(12(2)29)10-31-21(28)30/h3-7,9,11-12,16,29H,8,10H2,1-2H3,(H,25,26,27)/t11-,12+,16?/m0/s1. The molecule has 11 heteroatoms. The normalized spacial score (nSPS) is 17.8. The third kappa shape index (κ3) is 4.67. The van der Waals surface area contributed by atoms with Crippen molar-refractivity contribution >= 4 is 40.8 Å². The largest absolute Gasteiger partial charge is 0.447 e. The summed E-state index contributed by atoms with van der Waals surface area (Å²) in [4.78, 5) is 27.4. The van der Waals surface area contributed by atoms with E-state index in [1.807, 2.05) is 19.1 Å². The Hall–Kier alpha value is -2.82. The van der Waals surface area contributed by atoms with Crippen molar-refractivity contribution in [2.24, 2.45) is 0 Å². The minimum absolute atomic E-state index is 0.0268. The molecule has 1 fully saturated rings. The average molecular weight is 478 g/mol. The van der Waals surface area contributed by atoms with Gasteiger partial charge in [0.05, 0.1) is 17.8 Å². The Morgan fingerprint density at radius 1 is 1.34 bits per heavy atom. The van der Waals surface area contributed by atoms with E-state index >= 15 is 0 Å². The molecule has 3 heterocycles. The van der Waals surface area contributed by atoms with Crippen molar-refractivity contribution in [3.8, 4) is 10.6 Å². The molecular formula is C21H21ClFN5O3S. The Labute approximate surface area is 193 Å². The average Bonchev–Trinajstić information content (AvgIpc) is 3.41. The van der Waals surface area contributed by atoms with Gasteiger partial charge in [-0.05, 0) is 26.0 Å². The highest BCUT2D eigenvalue weighted by Crippen LogP contribution is 2.31. The smallest absolute Gasteiger partial charge is 0.416 e. The number of aliphatic hydroxyl groups excluding tert-OH is 1. The van der Waals surface area contributed by atoms with Crippen LogP contribution < -0.4 is 10.2 Å². The van der Waals surface area contributed by atoms with Crippen LogP contribution in [-0.2, 0) is 11.4 Å². The molecule has 2 N–H and O–H groups in total. The van der Waals surface area contributed by atoms with E-state index in [-0.39, 0.29) is 30.1 Å². The van der Waals surface area contributed by atoms with Gasteiger partial charge in [0, 0.05) is 27.7 Å². The molecule has 2 aromatic heterocycles. The lowest BCUT2D eigenvalue weighted by Gasteiger charge is -2.23. The second kappa shape index (κ2) is 9.35. The van der Waals surface area contributed by atoms with Crippen LogP contribution in [0.4, 0.5) is 21.0 Å². The lowest BCUT2D eigenvalue weighted by molar-refractivity contribution is 0.142. The van der Waals surface area contributed by atoms with Crippen LogP contribution in [0.2, 0.25) is 5.02 Å². The Morgan fingerprint density at radius 3 is 2.78 bits per heavy atom. The number of amides is 1. The van der Waals surface area contributed by atoms with Gasteiger partial charge in [0.25, 0.3) is 0 Å². The molecule has 1 aliphatic heterocycles. The number of alkyl halides is 1. The molecule has 8 nitrogen and oxygen atoms in total. The van der Waals surface area contributed by atoms with Crippen molar-refractivity contribution < 1.29 is 19.0 Å². The predicted octanol–water partition coefficient (Wildman–Crippen LogP) is 4.60.